The summed E-state index contributed by atoms with van der Waals surface area (Å²) in [6, 6.07) is 11.3. The quantitative estimate of drug-likeness (QED) is 0.633. The zero-order chi connectivity index (χ0) is 20.1. The topological polar surface area (TPSA) is 77.2 Å². The molecule has 0 aliphatic carbocycles. The van der Waals surface area contributed by atoms with Crippen molar-refractivity contribution in [1.82, 2.24) is 5.16 Å². The standard InChI is InChI=1S/C19H10F3NO4S/c20-19(21,22)12-7-5-11(6-8-12)15-9-16(27-23-15)14-10-28(25,26)17-4-2-1-3-13(17)18(14)24/h1-10H. The van der Waals surface area contributed by atoms with Crippen LogP contribution in [0.5, 0.6) is 0 Å². The number of ketones is 1. The number of rotatable bonds is 2. The van der Waals surface area contributed by atoms with Crippen molar-refractivity contribution in [3.63, 3.8) is 0 Å². The second-order valence-corrected chi connectivity index (χ2v) is 7.82. The SMILES string of the molecule is O=C1C(c2cc(-c3ccc(C(F)(F)F)cc3)no2)=CS(=O)(=O)c2ccccc21. The summed E-state index contributed by atoms with van der Waals surface area (Å²) < 4.78 is 67.9. The van der Waals surface area contributed by atoms with E-state index in [0.29, 0.717) is 5.56 Å². The number of hydrogen-bond acceptors (Lipinski definition) is 5. The predicted octanol–water partition coefficient (Wildman–Crippen LogP) is 4.37. The molecule has 0 bridgehead atoms. The van der Waals surface area contributed by atoms with Crippen LogP contribution in [0.3, 0.4) is 0 Å². The highest BCUT2D eigenvalue weighted by atomic mass is 32.2. The molecule has 4 rings (SSSR count). The van der Waals surface area contributed by atoms with Crippen LogP contribution in [0, 0.1) is 0 Å². The van der Waals surface area contributed by atoms with Gasteiger partial charge in [0.1, 0.15) is 5.69 Å². The Morgan fingerprint density at radius 3 is 2.32 bits per heavy atom. The van der Waals surface area contributed by atoms with Gasteiger partial charge in [0.05, 0.1) is 21.4 Å². The fourth-order valence-corrected chi connectivity index (χ4v) is 4.25. The molecule has 2 aromatic carbocycles. The van der Waals surface area contributed by atoms with Gasteiger partial charge in [-0.2, -0.15) is 13.2 Å². The zero-order valence-corrected chi connectivity index (χ0v) is 14.7. The Kier molecular flexibility index (Phi) is 4.00. The van der Waals surface area contributed by atoms with E-state index in [9.17, 15) is 26.4 Å². The maximum atomic E-state index is 12.7. The van der Waals surface area contributed by atoms with Crippen LogP contribution >= 0.6 is 0 Å². The predicted molar refractivity (Wildman–Crippen MR) is 92.9 cm³/mol. The summed E-state index contributed by atoms with van der Waals surface area (Å²) in [5.41, 5.74) is -0.478. The van der Waals surface area contributed by atoms with Crippen molar-refractivity contribution in [3.05, 3.63) is 76.9 Å². The normalized spacial score (nSPS) is 15.8. The van der Waals surface area contributed by atoms with E-state index >= 15 is 0 Å². The number of Topliss-reactive ketones (excluding diaryl/α,β-unsaturated/α-hetero) is 1. The summed E-state index contributed by atoms with van der Waals surface area (Å²) in [7, 11) is -3.85. The van der Waals surface area contributed by atoms with E-state index in [2.05, 4.69) is 5.16 Å². The maximum absolute atomic E-state index is 12.7. The molecule has 0 radical (unpaired) electrons. The lowest BCUT2D eigenvalue weighted by molar-refractivity contribution is -0.137. The molecule has 5 nitrogen and oxygen atoms in total. The molecular weight excluding hydrogens is 395 g/mol. The minimum atomic E-state index is -4.46. The number of sulfone groups is 1. The van der Waals surface area contributed by atoms with Crippen LogP contribution in [0.1, 0.15) is 21.7 Å². The number of carbonyl (C=O) groups is 1. The molecule has 3 aromatic rings. The molecule has 0 unspecified atom stereocenters. The average molecular weight is 405 g/mol. The molecule has 28 heavy (non-hydrogen) atoms. The number of allylic oxidation sites excluding steroid dienone is 1. The molecule has 1 aliphatic heterocycles. The smallest absolute Gasteiger partial charge is 0.355 e. The molecule has 0 amide bonds. The van der Waals surface area contributed by atoms with Gasteiger partial charge in [-0.25, -0.2) is 8.42 Å². The monoisotopic (exact) mass is 405 g/mol. The molecule has 9 heteroatoms. The minimum absolute atomic E-state index is 0.0208. The van der Waals surface area contributed by atoms with Crippen LogP contribution in [0.2, 0.25) is 0 Å². The van der Waals surface area contributed by atoms with E-state index in [1.54, 1.807) is 6.07 Å². The van der Waals surface area contributed by atoms with Gasteiger partial charge < -0.3 is 4.52 Å². The van der Waals surface area contributed by atoms with Crippen molar-refractivity contribution in [2.45, 2.75) is 11.1 Å². The number of halogens is 3. The number of alkyl halides is 3. The number of carbonyl (C=O) groups excluding carboxylic acids is 1. The minimum Gasteiger partial charge on any atom is -0.355 e. The molecule has 0 fully saturated rings. The summed E-state index contributed by atoms with van der Waals surface area (Å²) >= 11 is 0. The van der Waals surface area contributed by atoms with Gasteiger partial charge in [0.15, 0.2) is 11.5 Å². The van der Waals surface area contributed by atoms with Crippen molar-refractivity contribution in [3.8, 4) is 11.3 Å². The lowest BCUT2D eigenvalue weighted by Gasteiger charge is -2.13. The number of fused-ring (bicyclic) bond motifs is 1. The van der Waals surface area contributed by atoms with E-state index in [1.165, 1.54) is 36.4 Å². The number of nitrogens with zero attached hydrogens (tertiary/aromatic N) is 1. The highest BCUT2D eigenvalue weighted by Gasteiger charge is 2.33. The molecule has 0 atom stereocenters. The highest BCUT2D eigenvalue weighted by molar-refractivity contribution is 7.94. The van der Waals surface area contributed by atoms with Crippen LogP contribution in [0.15, 0.2) is 69.4 Å². The maximum Gasteiger partial charge on any atom is 0.416 e. The average Bonchev–Trinajstić information content (AvgIpc) is 3.14. The van der Waals surface area contributed by atoms with Gasteiger partial charge in [-0.3, -0.25) is 4.79 Å². The van der Waals surface area contributed by atoms with Crippen LogP contribution in [0.25, 0.3) is 16.8 Å². The molecule has 0 saturated heterocycles. The number of hydrogen-bond donors (Lipinski definition) is 0. The van der Waals surface area contributed by atoms with Crippen molar-refractivity contribution < 1.29 is 30.9 Å². The summed E-state index contributed by atoms with van der Waals surface area (Å²) in [5.74, 6) is -0.626. The summed E-state index contributed by atoms with van der Waals surface area (Å²) in [5, 5.41) is 4.56. The Morgan fingerprint density at radius 1 is 0.964 bits per heavy atom. The fourth-order valence-electron chi connectivity index (χ4n) is 2.86. The summed E-state index contributed by atoms with van der Waals surface area (Å²) in [4.78, 5) is 12.6. The van der Waals surface area contributed by atoms with Gasteiger partial charge >= 0.3 is 6.18 Å². The van der Waals surface area contributed by atoms with Gasteiger partial charge in [0, 0.05) is 17.2 Å². The number of benzene rings is 2. The first-order valence-corrected chi connectivity index (χ1v) is 9.47. The van der Waals surface area contributed by atoms with Gasteiger partial charge in [0.2, 0.25) is 9.84 Å². The van der Waals surface area contributed by atoms with Crippen LogP contribution in [-0.4, -0.2) is 19.4 Å². The summed E-state index contributed by atoms with van der Waals surface area (Å²) in [6.45, 7) is 0. The second kappa shape index (κ2) is 6.16. The van der Waals surface area contributed by atoms with Gasteiger partial charge in [0.25, 0.3) is 0 Å². The third kappa shape index (κ3) is 3.03. The molecule has 0 spiro atoms. The van der Waals surface area contributed by atoms with Crippen LogP contribution in [0.4, 0.5) is 13.2 Å². The molecule has 1 aromatic heterocycles. The Balaban J connectivity index is 1.72. The molecule has 2 heterocycles. The molecule has 1 aliphatic rings. The lowest BCUT2D eigenvalue weighted by atomic mass is 10.0. The first-order chi connectivity index (χ1) is 13.2. The Labute approximate surface area is 157 Å². The van der Waals surface area contributed by atoms with Crippen molar-refractivity contribution in [2.75, 3.05) is 0 Å². The van der Waals surface area contributed by atoms with Crippen LogP contribution in [-0.2, 0) is 16.0 Å². The second-order valence-electron chi connectivity index (χ2n) is 6.05. The van der Waals surface area contributed by atoms with E-state index < -0.39 is 27.4 Å². The van der Waals surface area contributed by atoms with Crippen molar-refractivity contribution >= 4 is 21.2 Å². The Bertz CT molecular complexity index is 1220. The van der Waals surface area contributed by atoms with Gasteiger partial charge in [-0.05, 0) is 24.3 Å². The van der Waals surface area contributed by atoms with Crippen molar-refractivity contribution in [2.24, 2.45) is 0 Å². The molecular formula is C19H10F3NO4S. The van der Waals surface area contributed by atoms with Gasteiger partial charge in [-0.15, -0.1) is 0 Å². The third-order valence-electron chi connectivity index (χ3n) is 4.24. The summed E-state index contributed by atoms with van der Waals surface area (Å²) in [6.07, 6.45) is -4.46. The zero-order valence-electron chi connectivity index (χ0n) is 13.9. The molecule has 142 valence electrons. The molecule has 0 saturated carbocycles. The first kappa shape index (κ1) is 18.2. The lowest BCUT2D eigenvalue weighted by Crippen LogP contribution is -2.15. The largest absolute Gasteiger partial charge is 0.416 e. The highest BCUT2D eigenvalue weighted by Crippen LogP contribution is 2.34. The van der Waals surface area contributed by atoms with E-state index in [-0.39, 0.29) is 27.5 Å². The fraction of sp³-hybridized carbons (Fsp3) is 0.0526. The third-order valence-corrected chi connectivity index (χ3v) is 5.75. The number of aromatic nitrogens is 1. The Morgan fingerprint density at radius 2 is 1.64 bits per heavy atom. The van der Waals surface area contributed by atoms with Crippen LogP contribution < -0.4 is 0 Å². The Hall–Kier alpha value is -3.20. The van der Waals surface area contributed by atoms with E-state index in [1.807, 2.05) is 0 Å². The van der Waals surface area contributed by atoms with Gasteiger partial charge in [-0.1, -0.05) is 29.4 Å². The van der Waals surface area contributed by atoms with Crippen molar-refractivity contribution in [1.29, 1.82) is 0 Å². The van der Waals surface area contributed by atoms with E-state index in [0.717, 1.165) is 17.5 Å². The van der Waals surface area contributed by atoms with E-state index in [4.69, 9.17) is 4.52 Å². The first-order valence-electron chi connectivity index (χ1n) is 7.92. The molecule has 0 N–H and O–H groups in total.